The van der Waals surface area contributed by atoms with E-state index in [2.05, 4.69) is 57.9 Å². The first-order valence-corrected chi connectivity index (χ1v) is 7.71. The molecule has 1 saturated heterocycles. The second-order valence-corrected chi connectivity index (χ2v) is 6.98. The lowest BCUT2D eigenvalue weighted by atomic mass is 9.78. The number of hydrogen-bond acceptors (Lipinski definition) is 3. The van der Waals surface area contributed by atoms with Crippen LogP contribution in [0.4, 0.5) is 0 Å². The number of rotatable bonds is 3. The first kappa shape index (κ1) is 15.3. The van der Waals surface area contributed by atoms with Gasteiger partial charge in [0, 0.05) is 12.4 Å². The third kappa shape index (κ3) is 2.71. The highest BCUT2D eigenvalue weighted by atomic mass is 16.7. The van der Waals surface area contributed by atoms with Crippen molar-refractivity contribution < 1.29 is 9.31 Å². The van der Waals surface area contributed by atoms with Crippen molar-refractivity contribution in [2.75, 3.05) is 0 Å². The third-order valence-corrected chi connectivity index (χ3v) is 4.79. The van der Waals surface area contributed by atoms with Crippen molar-refractivity contribution in [3.8, 4) is 0 Å². The molecule has 5 heteroatoms. The molecule has 22 heavy (non-hydrogen) atoms. The van der Waals surface area contributed by atoms with Crippen LogP contribution in [-0.2, 0) is 15.9 Å². The molecule has 0 saturated carbocycles. The van der Waals surface area contributed by atoms with E-state index >= 15 is 0 Å². The third-order valence-electron chi connectivity index (χ3n) is 4.79. The minimum atomic E-state index is -0.318. The van der Waals surface area contributed by atoms with Gasteiger partial charge in [0.1, 0.15) is 0 Å². The zero-order valence-electron chi connectivity index (χ0n) is 14.0. The lowest BCUT2D eigenvalue weighted by Crippen LogP contribution is -2.41. The molecule has 0 atom stereocenters. The maximum Gasteiger partial charge on any atom is 0.494 e. The number of aryl methyl sites for hydroxylation is 1. The highest BCUT2D eigenvalue weighted by Gasteiger charge is 2.51. The van der Waals surface area contributed by atoms with E-state index in [0.29, 0.717) is 0 Å². The maximum atomic E-state index is 6.14. The maximum absolute atomic E-state index is 6.14. The van der Waals surface area contributed by atoms with Gasteiger partial charge in [-0.25, -0.2) is 0 Å². The SMILES string of the molecule is Cc1ccc(B2OC(C)(C)C(C)(C)O2)cc1Cn1cccn1. The fourth-order valence-corrected chi connectivity index (χ4v) is 2.56. The number of nitrogens with zero attached hydrogens (tertiary/aromatic N) is 2. The Kier molecular flexibility index (Phi) is 3.65. The summed E-state index contributed by atoms with van der Waals surface area (Å²) in [5, 5.41) is 4.28. The van der Waals surface area contributed by atoms with Gasteiger partial charge in [-0.15, -0.1) is 0 Å². The summed E-state index contributed by atoms with van der Waals surface area (Å²) in [4.78, 5) is 0. The Labute approximate surface area is 132 Å². The summed E-state index contributed by atoms with van der Waals surface area (Å²) in [5.74, 6) is 0. The first-order chi connectivity index (χ1) is 10.3. The van der Waals surface area contributed by atoms with Crippen LogP contribution in [0.15, 0.2) is 36.7 Å². The smallest absolute Gasteiger partial charge is 0.399 e. The van der Waals surface area contributed by atoms with Gasteiger partial charge in [-0.3, -0.25) is 4.68 Å². The van der Waals surface area contributed by atoms with Crippen LogP contribution in [0.5, 0.6) is 0 Å². The van der Waals surface area contributed by atoms with Gasteiger partial charge in [0.15, 0.2) is 0 Å². The molecule has 3 rings (SSSR count). The molecule has 1 aliphatic rings. The summed E-state index contributed by atoms with van der Waals surface area (Å²) in [6.07, 6.45) is 3.77. The van der Waals surface area contributed by atoms with E-state index in [1.165, 1.54) is 11.1 Å². The Morgan fingerprint density at radius 3 is 2.41 bits per heavy atom. The van der Waals surface area contributed by atoms with Gasteiger partial charge >= 0.3 is 7.12 Å². The molecule has 0 spiro atoms. The van der Waals surface area contributed by atoms with Crippen LogP contribution in [0.25, 0.3) is 0 Å². The molecule has 0 aliphatic carbocycles. The normalized spacial score (nSPS) is 19.6. The van der Waals surface area contributed by atoms with Crippen molar-refractivity contribution in [1.29, 1.82) is 0 Å². The Morgan fingerprint density at radius 1 is 1.14 bits per heavy atom. The predicted octanol–water partition coefficient (Wildman–Crippen LogP) is 2.54. The highest BCUT2D eigenvalue weighted by molar-refractivity contribution is 6.62. The minimum Gasteiger partial charge on any atom is -0.399 e. The van der Waals surface area contributed by atoms with Gasteiger partial charge in [0.05, 0.1) is 17.7 Å². The molecule has 2 aromatic rings. The summed E-state index contributed by atoms with van der Waals surface area (Å²) < 4.78 is 14.2. The summed E-state index contributed by atoms with van der Waals surface area (Å²) >= 11 is 0. The lowest BCUT2D eigenvalue weighted by molar-refractivity contribution is 0.00578. The van der Waals surface area contributed by atoms with E-state index in [0.717, 1.165) is 12.0 Å². The van der Waals surface area contributed by atoms with Gasteiger partial charge in [-0.05, 0) is 57.3 Å². The van der Waals surface area contributed by atoms with Crippen LogP contribution >= 0.6 is 0 Å². The van der Waals surface area contributed by atoms with Gasteiger partial charge in [-0.2, -0.15) is 5.10 Å². The topological polar surface area (TPSA) is 36.3 Å². The molecule has 0 unspecified atom stereocenters. The fourth-order valence-electron chi connectivity index (χ4n) is 2.56. The zero-order valence-corrected chi connectivity index (χ0v) is 14.0. The van der Waals surface area contributed by atoms with E-state index in [1.807, 2.05) is 16.9 Å². The Hall–Kier alpha value is -1.59. The van der Waals surface area contributed by atoms with Crippen LogP contribution in [0.1, 0.15) is 38.8 Å². The predicted molar refractivity (Wildman–Crippen MR) is 88.2 cm³/mol. The van der Waals surface area contributed by atoms with Crippen molar-refractivity contribution in [2.45, 2.75) is 52.4 Å². The van der Waals surface area contributed by atoms with E-state index in [4.69, 9.17) is 9.31 Å². The van der Waals surface area contributed by atoms with Crippen molar-refractivity contribution >= 4 is 12.6 Å². The van der Waals surface area contributed by atoms with Gasteiger partial charge in [-0.1, -0.05) is 18.2 Å². The number of benzene rings is 1. The molecular weight excluding hydrogens is 275 g/mol. The molecule has 116 valence electrons. The first-order valence-electron chi connectivity index (χ1n) is 7.71. The quantitative estimate of drug-likeness (QED) is 0.817. The largest absolute Gasteiger partial charge is 0.494 e. The molecular formula is C17H23BN2O2. The van der Waals surface area contributed by atoms with Gasteiger partial charge in [0.25, 0.3) is 0 Å². The van der Waals surface area contributed by atoms with Crippen LogP contribution in [-0.4, -0.2) is 28.1 Å². The molecule has 2 heterocycles. The summed E-state index contributed by atoms with van der Waals surface area (Å²) in [5.41, 5.74) is 2.91. The zero-order chi connectivity index (χ0) is 16.0. The van der Waals surface area contributed by atoms with Crippen LogP contribution in [0.2, 0.25) is 0 Å². The Bertz CT molecular complexity index is 649. The van der Waals surface area contributed by atoms with E-state index in [9.17, 15) is 0 Å². The molecule has 4 nitrogen and oxygen atoms in total. The molecule has 0 bridgehead atoms. The van der Waals surface area contributed by atoms with Crippen molar-refractivity contribution in [3.05, 3.63) is 47.8 Å². The Balaban J connectivity index is 1.87. The van der Waals surface area contributed by atoms with Gasteiger partial charge < -0.3 is 9.31 Å². The van der Waals surface area contributed by atoms with Gasteiger partial charge in [0.2, 0.25) is 0 Å². The molecule has 0 amide bonds. The molecule has 1 fully saturated rings. The summed E-state index contributed by atoms with van der Waals surface area (Å²) in [7, 11) is -0.318. The lowest BCUT2D eigenvalue weighted by Gasteiger charge is -2.32. The van der Waals surface area contributed by atoms with Crippen LogP contribution in [0.3, 0.4) is 0 Å². The second-order valence-electron chi connectivity index (χ2n) is 6.98. The summed E-state index contributed by atoms with van der Waals surface area (Å²) in [6, 6.07) is 8.32. The van der Waals surface area contributed by atoms with Crippen molar-refractivity contribution in [2.24, 2.45) is 0 Å². The van der Waals surface area contributed by atoms with E-state index in [1.54, 1.807) is 6.20 Å². The van der Waals surface area contributed by atoms with Crippen molar-refractivity contribution in [1.82, 2.24) is 9.78 Å². The van der Waals surface area contributed by atoms with Crippen molar-refractivity contribution in [3.63, 3.8) is 0 Å². The molecule has 0 N–H and O–H groups in total. The minimum absolute atomic E-state index is 0.315. The summed E-state index contributed by atoms with van der Waals surface area (Å²) in [6.45, 7) is 11.2. The molecule has 1 aromatic carbocycles. The number of aromatic nitrogens is 2. The molecule has 1 aliphatic heterocycles. The fraction of sp³-hybridized carbons (Fsp3) is 0.471. The second kappa shape index (κ2) is 5.25. The average Bonchev–Trinajstić information content (AvgIpc) is 2.99. The molecule has 1 aromatic heterocycles. The number of hydrogen-bond donors (Lipinski definition) is 0. The van der Waals surface area contributed by atoms with E-state index in [-0.39, 0.29) is 18.3 Å². The highest BCUT2D eigenvalue weighted by Crippen LogP contribution is 2.36. The standard InChI is InChI=1S/C17H23BN2O2/c1-13-7-8-15(11-14(13)12-20-10-6-9-19-20)18-21-16(2,3)17(4,5)22-18/h6-11H,12H2,1-5H3. The molecule has 0 radical (unpaired) electrons. The monoisotopic (exact) mass is 298 g/mol. The van der Waals surface area contributed by atoms with Crippen LogP contribution < -0.4 is 5.46 Å². The Morgan fingerprint density at radius 2 is 1.82 bits per heavy atom. The van der Waals surface area contributed by atoms with Crippen LogP contribution in [0, 0.1) is 6.92 Å². The average molecular weight is 298 g/mol. The van der Waals surface area contributed by atoms with E-state index < -0.39 is 0 Å².